The van der Waals surface area contributed by atoms with Crippen molar-refractivity contribution in [1.82, 2.24) is 0 Å². The Morgan fingerprint density at radius 1 is 0.727 bits per heavy atom. The van der Waals surface area contributed by atoms with E-state index in [2.05, 4.69) is 24.3 Å². The van der Waals surface area contributed by atoms with Gasteiger partial charge in [-0.25, -0.2) is 0 Å². The maximum Gasteiger partial charge on any atom is 0.162 e. The largest absolute Gasteiger partial charge is 0.485 e. The van der Waals surface area contributed by atoms with E-state index in [1.807, 2.05) is 54.6 Å². The summed E-state index contributed by atoms with van der Waals surface area (Å²) < 4.78 is 18.6. The van der Waals surface area contributed by atoms with Gasteiger partial charge in [-0.1, -0.05) is 86.0 Å². The summed E-state index contributed by atoms with van der Waals surface area (Å²) in [4.78, 5) is 0. The molecule has 0 aliphatic heterocycles. The lowest BCUT2D eigenvalue weighted by Crippen LogP contribution is -2.21. The highest BCUT2D eigenvalue weighted by Gasteiger charge is 2.19. The summed E-state index contributed by atoms with van der Waals surface area (Å²) in [5.74, 6) is 2.09. The van der Waals surface area contributed by atoms with Crippen LogP contribution in [0, 0.1) is 5.92 Å². The molecule has 3 aromatic carbocycles. The van der Waals surface area contributed by atoms with Crippen LogP contribution in [0.5, 0.6) is 11.5 Å². The number of ether oxygens (including phenoxy) is 3. The van der Waals surface area contributed by atoms with Gasteiger partial charge < -0.3 is 19.9 Å². The fourth-order valence-electron chi connectivity index (χ4n) is 4.33. The molecule has 1 fully saturated rings. The number of nitrogens with two attached hydrogens (primary N) is 1. The summed E-state index contributed by atoms with van der Waals surface area (Å²) >= 11 is 0. The second-order valence-corrected chi connectivity index (χ2v) is 8.82. The van der Waals surface area contributed by atoms with E-state index in [-0.39, 0.29) is 6.10 Å². The van der Waals surface area contributed by atoms with Gasteiger partial charge in [0.15, 0.2) is 11.5 Å². The van der Waals surface area contributed by atoms with Crippen LogP contribution in [0.1, 0.15) is 54.9 Å². The molecular formula is C29H35NO3. The minimum absolute atomic E-state index is 0.144. The molecule has 0 unspecified atom stereocenters. The number of benzene rings is 3. The highest BCUT2D eigenvalue weighted by atomic mass is 16.5. The summed E-state index contributed by atoms with van der Waals surface area (Å²) in [7, 11) is 0. The van der Waals surface area contributed by atoms with Gasteiger partial charge in [-0.2, -0.15) is 0 Å². The lowest BCUT2D eigenvalue weighted by atomic mass is 9.90. The van der Waals surface area contributed by atoms with E-state index in [0.29, 0.717) is 31.4 Å². The van der Waals surface area contributed by atoms with Crippen molar-refractivity contribution >= 4 is 0 Å². The molecule has 0 heterocycles. The van der Waals surface area contributed by atoms with Crippen molar-refractivity contribution in [2.24, 2.45) is 11.7 Å². The third-order valence-corrected chi connectivity index (χ3v) is 6.29. The minimum Gasteiger partial charge on any atom is -0.485 e. The molecule has 1 saturated carbocycles. The van der Waals surface area contributed by atoms with Gasteiger partial charge in [0, 0.05) is 6.54 Å². The van der Waals surface area contributed by atoms with Gasteiger partial charge in [0.05, 0.1) is 12.7 Å². The van der Waals surface area contributed by atoms with Gasteiger partial charge in [-0.15, -0.1) is 0 Å². The van der Waals surface area contributed by atoms with Crippen molar-refractivity contribution in [1.29, 1.82) is 0 Å². The molecule has 0 saturated heterocycles. The summed E-state index contributed by atoms with van der Waals surface area (Å²) in [5.41, 5.74) is 9.37. The highest BCUT2D eigenvalue weighted by molar-refractivity contribution is 5.44. The summed E-state index contributed by atoms with van der Waals surface area (Å²) in [6, 6.07) is 26.4. The molecule has 33 heavy (non-hydrogen) atoms. The second-order valence-electron chi connectivity index (χ2n) is 8.82. The number of hydrogen-bond donors (Lipinski definition) is 1. The third kappa shape index (κ3) is 7.08. The molecule has 0 bridgehead atoms. The van der Waals surface area contributed by atoms with Gasteiger partial charge >= 0.3 is 0 Å². The first-order valence-corrected chi connectivity index (χ1v) is 12.1. The van der Waals surface area contributed by atoms with Crippen LogP contribution in [0.2, 0.25) is 0 Å². The maximum atomic E-state index is 6.28. The van der Waals surface area contributed by atoms with E-state index in [1.165, 1.54) is 32.1 Å². The molecule has 0 radical (unpaired) electrons. The first-order valence-electron chi connectivity index (χ1n) is 12.1. The smallest absolute Gasteiger partial charge is 0.162 e. The lowest BCUT2D eigenvalue weighted by molar-refractivity contribution is 0.0244. The summed E-state index contributed by atoms with van der Waals surface area (Å²) in [5, 5.41) is 0. The van der Waals surface area contributed by atoms with Gasteiger partial charge in [0.25, 0.3) is 0 Å². The molecule has 1 aliphatic rings. The van der Waals surface area contributed by atoms with E-state index in [0.717, 1.165) is 29.0 Å². The lowest BCUT2D eigenvalue weighted by Gasteiger charge is -2.25. The predicted molar refractivity (Wildman–Crippen MR) is 132 cm³/mol. The Bertz CT molecular complexity index is 955. The average Bonchev–Trinajstić information content (AvgIpc) is 2.89. The zero-order valence-corrected chi connectivity index (χ0v) is 19.3. The minimum atomic E-state index is -0.144. The Morgan fingerprint density at radius 3 is 1.94 bits per heavy atom. The normalized spacial score (nSPS) is 15.2. The Kier molecular flexibility index (Phi) is 8.79. The van der Waals surface area contributed by atoms with E-state index in [4.69, 9.17) is 19.9 Å². The molecular weight excluding hydrogens is 410 g/mol. The highest BCUT2D eigenvalue weighted by Crippen LogP contribution is 2.33. The first-order chi connectivity index (χ1) is 16.3. The molecule has 1 atom stereocenters. The molecule has 1 aliphatic carbocycles. The molecule has 0 aromatic heterocycles. The Morgan fingerprint density at radius 2 is 1.33 bits per heavy atom. The fraction of sp³-hybridized carbons (Fsp3) is 0.379. The van der Waals surface area contributed by atoms with Crippen molar-refractivity contribution in [2.75, 3.05) is 13.2 Å². The van der Waals surface area contributed by atoms with Crippen molar-refractivity contribution in [2.45, 2.75) is 51.4 Å². The number of rotatable bonds is 11. The second kappa shape index (κ2) is 12.4. The van der Waals surface area contributed by atoms with E-state index >= 15 is 0 Å². The van der Waals surface area contributed by atoms with Crippen molar-refractivity contribution in [3.8, 4) is 11.5 Å². The van der Waals surface area contributed by atoms with Crippen LogP contribution in [-0.2, 0) is 18.0 Å². The van der Waals surface area contributed by atoms with Crippen molar-refractivity contribution < 1.29 is 14.2 Å². The molecule has 4 rings (SSSR count). The zero-order valence-electron chi connectivity index (χ0n) is 19.3. The van der Waals surface area contributed by atoms with Gasteiger partial charge in [-0.05, 0) is 47.6 Å². The molecule has 4 heteroatoms. The van der Waals surface area contributed by atoms with E-state index in [1.54, 1.807) is 0 Å². The molecule has 0 spiro atoms. The predicted octanol–water partition coefficient (Wildman–Crippen LogP) is 6.44. The summed E-state index contributed by atoms with van der Waals surface area (Å²) in [6.45, 7) is 2.17. The average molecular weight is 446 g/mol. The Labute approximate surface area is 197 Å². The van der Waals surface area contributed by atoms with Crippen molar-refractivity contribution in [3.63, 3.8) is 0 Å². The van der Waals surface area contributed by atoms with E-state index in [9.17, 15) is 0 Å². The van der Waals surface area contributed by atoms with Gasteiger partial charge in [-0.3, -0.25) is 0 Å². The van der Waals surface area contributed by atoms with Crippen LogP contribution in [-0.4, -0.2) is 13.2 Å². The van der Waals surface area contributed by atoms with E-state index < -0.39 is 0 Å². The van der Waals surface area contributed by atoms with Gasteiger partial charge in [0.2, 0.25) is 0 Å². The number of hydrogen-bond acceptors (Lipinski definition) is 4. The van der Waals surface area contributed by atoms with Crippen LogP contribution >= 0.6 is 0 Å². The van der Waals surface area contributed by atoms with Crippen LogP contribution < -0.4 is 15.2 Å². The quantitative estimate of drug-likeness (QED) is 0.369. The molecule has 3 aromatic rings. The van der Waals surface area contributed by atoms with Crippen LogP contribution in [0.4, 0.5) is 0 Å². The third-order valence-electron chi connectivity index (χ3n) is 6.29. The molecule has 0 amide bonds. The molecule has 4 nitrogen and oxygen atoms in total. The zero-order chi connectivity index (χ0) is 22.7. The fourth-order valence-corrected chi connectivity index (χ4v) is 4.33. The van der Waals surface area contributed by atoms with Crippen LogP contribution in [0.15, 0.2) is 78.9 Å². The molecule has 2 N–H and O–H groups in total. The Balaban J connectivity index is 1.47. The van der Waals surface area contributed by atoms with Crippen LogP contribution in [0.3, 0.4) is 0 Å². The maximum absolute atomic E-state index is 6.28. The van der Waals surface area contributed by atoms with Gasteiger partial charge in [0.1, 0.15) is 13.2 Å². The standard InChI is InChI=1S/C29H35NO3/c30-19-29(33-22-25-14-8-3-9-15-25)26-16-17-27(31-20-23-10-4-1-5-11-23)28(18-26)32-21-24-12-6-2-7-13-24/h1-2,4-7,10-13,16-18,25,29H,3,8-9,14-15,19-22,30H2/t29-/m0/s1. The topological polar surface area (TPSA) is 53.7 Å². The SMILES string of the molecule is NC[C@H](OCC1CCCCC1)c1ccc(OCc2ccccc2)c(OCc2ccccc2)c1. The molecule has 174 valence electrons. The summed E-state index contributed by atoms with van der Waals surface area (Å²) in [6.07, 6.45) is 6.35. The monoisotopic (exact) mass is 445 g/mol. The van der Waals surface area contributed by atoms with Crippen molar-refractivity contribution in [3.05, 3.63) is 95.6 Å². The first kappa shape index (κ1) is 23.3. The Hall–Kier alpha value is -2.82. The van der Waals surface area contributed by atoms with Crippen LogP contribution in [0.25, 0.3) is 0 Å².